The van der Waals surface area contributed by atoms with E-state index in [0.29, 0.717) is 5.92 Å². The van der Waals surface area contributed by atoms with Gasteiger partial charge >= 0.3 is 0 Å². The Kier molecular flexibility index (Phi) is 4.16. The van der Waals surface area contributed by atoms with E-state index in [1.54, 1.807) is 0 Å². The first-order valence-electron chi connectivity index (χ1n) is 6.69. The highest BCUT2D eigenvalue weighted by Crippen LogP contribution is 2.36. The lowest BCUT2D eigenvalue weighted by Gasteiger charge is -2.30. The van der Waals surface area contributed by atoms with Crippen LogP contribution >= 0.6 is 0 Å². The maximum Gasteiger partial charge on any atom is 0.214 e. The SMILES string of the molecule is CC(C)CC([C]=O)(c1ccccc1)c1ccccc1. The molecule has 0 saturated heterocycles. The second-order valence-electron chi connectivity index (χ2n) is 5.34. The lowest BCUT2D eigenvalue weighted by atomic mass is 9.70. The van der Waals surface area contributed by atoms with Gasteiger partial charge in [0.2, 0.25) is 6.29 Å². The van der Waals surface area contributed by atoms with E-state index in [-0.39, 0.29) is 0 Å². The predicted molar refractivity (Wildman–Crippen MR) is 78.8 cm³/mol. The molecular weight excluding hydrogens is 232 g/mol. The van der Waals surface area contributed by atoms with Crippen molar-refractivity contribution in [1.29, 1.82) is 0 Å². The third-order valence-corrected chi connectivity index (χ3v) is 3.42. The average molecular weight is 251 g/mol. The second-order valence-corrected chi connectivity index (χ2v) is 5.34. The van der Waals surface area contributed by atoms with Crippen molar-refractivity contribution in [2.45, 2.75) is 25.7 Å². The number of hydrogen-bond acceptors (Lipinski definition) is 1. The fourth-order valence-electron chi connectivity index (χ4n) is 2.62. The highest BCUT2D eigenvalue weighted by Gasteiger charge is 2.35. The topological polar surface area (TPSA) is 17.1 Å². The van der Waals surface area contributed by atoms with Gasteiger partial charge in [0.1, 0.15) is 0 Å². The summed E-state index contributed by atoms with van der Waals surface area (Å²) in [6, 6.07) is 19.9. The summed E-state index contributed by atoms with van der Waals surface area (Å²) in [6.45, 7) is 4.27. The zero-order chi connectivity index (χ0) is 13.7. The molecule has 1 heteroatoms. The number of benzene rings is 2. The first-order valence-corrected chi connectivity index (χ1v) is 6.69. The van der Waals surface area contributed by atoms with E-state index in [1.165, 1.54) is 0 Å². The summed E-state index contributed by atoms with van der Waals surface area (Å²) >= 11 is 0. The molecule has 0 amide bonds. The van der Waals surface area contributed by atoms with Crippen LogP contribution < -0.4 is 0 Å². The van der Waals surface area contributed by atoms with Crippen LogP contribution in [0.15, 0.2) is 60.7 Å². The van der Waals surface area contributed by atoms with Crippen molar-refractivity contribution in [3.05, 3.63) is 71.8 Å². The van der Waals surface area contributed by atoms with Crippen LogP contribution in [0, 0.1) is 5.92 Å². The molecule has 0 aromatic heterocycles. The van der Waals surface area contributed by atoms with Crippen molar-refractivity contribution >= 4 is 6.29 Å². The van der Waals surface area contributed by atoms with Crippen molar-refractivity contribution < 1.29 is 4.79 Å². The van der Waals surface area contributed by atoms with Gasteiger partial charge in [-0.05, 0) is 23.5 Å². The zero-order valence-corrected chi connectivity index (χ0v) is 11.5. The van der Waals surface area contributed by atoms with Crippen LogP contribution in [-0.4, -0.2) is 6.29 Å². The van der Waals surface area contributed by atoms with Crippen LogP contribution in [0.3, 0.4) is 0 Å². The molecular formula is C18H19O. The van der Waals surface area contributed by atoms with E-state index in [2.05, 4.69) is 20.1 Å². The van der Waals surface area contributed by atoms with Crippen molar-refractivity contribution in [2.24, 2.45) is 5.92 Å². The molecule has 97 valence electrons. The second kappa shape index (κ2) is 5.83. The minimum atomic E-state index is -0.656. The van der Waals surface area contributed by atoms with Gasteiger partial charge in [0.15, 0.2) is 0 Å². The van der Waals surface area contributed by atoms with Crippen LogP contribution in [0.2, 0.25) is 0 Å². The Bertz CT molecular complexity index is 474. The van der Waals surface area contributed by atoms with Crippen molar-refractivity contribution in [2.75, 3.05) is 0 Å². The minimum Gasteiger partial charge on any atom is -0.289 e. The van der Waals surface area contributed by atoms with Crippen LogP contribution in [0.25, 0.3) is 0 Å². The Morgan fingerprint density at radius 3 is 1.63 bits per heavy atom. The molecule has 1 nitrogen and oxygen atoms in total. The van der Waals surface area contributed by atoms with Crippen molar-refractivity contribution in [3.8, 4) is 0 Å². The quantitative estimate of drug-likeness (QED) is 0.781. The van der Waals surface area contributed by atoms with E-state index in [4.69, 9.17) is 0 Å². The molecule has 0 bridgehead atoms. The highest BCUT2D eigenvalue weighted by atomic mass is 16.1. The van der Waals surface area contributed by atoms with Gasteiger partial charge in [-0.25, -0.2) is 0 Å². The third kappa shape index (κ3) is 2.76. The smallest absolute Gasteiger partial charge is 0.214 e. The molecule has 0 saturated carbocycles. The van der Waals surface area contributed by atoms with E-state index in [9.17, 15) is 4.79 Å². The lowest BCUT2D eigenvalue weighted by molar-refractivity contribution is 0.449. The zero-order valence-electron chi connectivity index (χ0n) is 11.5. The van der Waals surface area contributed by atoms with Crippen LogP contribution in [-0.2, 0) is 10.2 Å². The molecule has 2 aromatic rings. The van der Waals surface area contributed by atoms with E-state index in [1.807, 2.05) is 60.7 Å². The maximum absolute atomic E-state index is 11.8. The van der Waals surface area contributed by atoms with E-state index >= 15 is 0 Å². The van der Waals surface area contributed by atoms with Gasteiger partial charge in [-0.1, -0.05) is 74.5 Å². The third-order valence-electron chi connectivity index (χ3n) is 3.42. The Morgan fingerprint density at radius 1 is 0.895 bits per heavy atom. The summed E-state index contributed by atoms with van der Waals surface area (Å²) in [7, 11) is 0. The van der Waals surface area contributed by atoms with Crippen molar-refractivity contribution in [3.63, 3.8) is 0 Å². The van der Waals surface area contributed by atoms with Gasteiger partial charge in [-0.15, -0.1) is 0 Å². The van der Waals surface area contributed by atoms with Crippen LogP contribution in [0.4, 0.5) is 0 Å². The molecule has 0 heterocycles. The normalized spacial score (nSPS) is 11.5. The van der Waals surface area contributed by atoms with Crippen LogP contribution in [0.5, 0.6) is 0 Å². The summed E-state index contributed by atoms with van der Waals surface area (Å²) in [5.74, 6) is 0.418. The fraction of sp³-hybridized carbons (Fsp3) is 0.278. The molecule has 2 aromatic carbocycles. The summed E-state index contributed by atoms with van der Waals surface area (Å²) in [5, 5.41) is 0. The van der Waals surface area contributed by atoms with Gasteiger partial charge < -0.3 is 0 Å². The molecule has 1 radical (unpaired) electrons. The van der Waals surface area contributed by atoms with Crippen LogP contribution in [0.1, 0.15) is 31.4 Å². The highest BCUT2D eigenvalue weighted by molar-refractivity contribution is 5.75. The van der Waals surface area contributed by atoms with Crippen molar-refractivity contribution in [1.82, 2.24) is 0 Å². The standard InChI is InChI=1S/C18H19O/c1-15(2)13-18(14-19,16-9-5-3-6-10-16)17-11-7-4-8-12-17/h3-12,15H,13H2,1-2H3. The van der Waals surface area contributed by atoms with Gasteiger partial charge in [0.05, 0.1) is 5.41 Å². The Morgan fingerprint density at radius 2 is 1.32 bits per heavy atom. The van der Waals surface area contributed by atoms with Gasteiger partial charge in [-0.3, -0.25) is 4.79 Å². The van der Waals surface area contributed by atoms with Gasteiger partial charge in [-0.2, -0.15) is 0 Å². The largest absolute Gasteiger partial charge is 0.289 e. The molecule has 0 aliphatic rings. The molecule has 0 aliphatic carbocycles. The summed E-state index contributed by atoms with van der Waals surface area (Å²) in [6.07, 6.45) is 3.10. The lowest BCUT2D eigenvalue weighted by Crippen LogP contribution is -2.31. The molecule has 0 fully saturated rings. The molecule has 0 unspecified atom stereocenters. The first-order chi connectivity index (χ1) is 9.19. The number of rotatable bonds is 5. The number of carbonyl (C=O) groups excluding carboxylic acids is 1. The molecule has 19 heavy (non-hydrogen) atoms. The molecule has 0 spiro atoms. The maximum atomic E-state index is 11.8. The first kappa shape index (κ1) is 13.5. The van der Waals surface area contributed by atoms with Gasteiger partial charge in [0.25, 0.3) is 0 Å². The van der Waals surface area contributed by atoms with E-state index < -0.39 is 5.41 Å². The number of hydrogen-bond donors (Lipinski definition) is 0. The molecule has 0 N–H and O–H groups in total. The Balaban J connectivity index is 2.58. The van der Waals surface area contributed by atoms with Gasteiger partial charge in [0, 0.05) is 0 Å². The molecule has 2 rings (SSSR count). The Labute approximate surface area is 115 Å². The fourth-order valence-corrected chi connectivity index (χ4v) is 2.62. The predicted octanol–water partition coefficient (Wildman–Crippen LogP) is 4.13. The summed E-state index contributed by atoms with van der Waals surface area (Å²) < 4.78 is 0. The minimum absolute atomic E-state index is 0.418. The monoisotopic (exact) mass is 251 g/mol. The molecule has 0 aliphatic heterocycles. The Hall–Kier alpha value is -1.89. The van der Waals surface area contributed by atoms with E-state index in [0.717, 1.165) is 17.5 Å². The molecule has 0 atom stereocenters. The summed E-state index contributed by atoms with van der Waals surface area (Å²) in [5.41, 5.74) is 1.38. The summed E-state index contributed by atoms with van der Waals surface area (Å²) in [4.78, 5) is 11.8. The average Bonchev–Trinajstić information content (AvgIpc) is 2.46.